The van der Waals surface area contributed by atoms with Gasteiger partial charge in [0.2, 0.25) is 0 Å². The third-order valence-electron chi connectivity index (χ3n) is 5.73. The largest absolute Gasteiger partial charge is 0.289 e. The first-order valence-electron chi connectivity index (χ1n) is 10.6. The van der Waals surface area contributed by atoms with E-state index in [-0.39, 0.29) is 5.78 Å². The van der Waals surface area contributed by atoms with Crippen LogP contribution < -0.4 is 0 Å². The zero-order valence-electron chi connectivity index (χ0n) is 16.4. The molecular formula is C25H32O. The SMILES string of the molecule is CCCCCCCCCCC1=C(CC)C=C2C(=Cc3ccccc32)C1=O. The van der Waals surface area contributed by atoms with Crippen LogP contribution in [-0.2, 0) is 4.79 Å². The van der Waals surface area contributed by atoms with Crippen molar-refractivity contribution >= 4 is 17.4 Å². The van der Waals surface area contributed by atoms with Crippen molar-refractivity contribution in [2.75, 3.05) is 0 Å². The fourth-order valence-electron chi connectivity index (χ4n) is 4.18. The van der Waals surface area contributed by atoms with Gasteiger partial charge in [-0.25, -0.2) is 0 Å². The Labute approximate surface area is 158 Å². The number of Topliss-reactive ketones (excluding diaryl/α,β-unsaturated/α-hetero) is 1. The lowest BCUT2D eigenvalue weighted by atomic mass is 9.83. The Hall–Kier alpha value is -1.89. The van der Waals surface area contributed by atoms with E-state index in [1.165, 1.54) is 61.6 Å². The molecule has 2 aliphatic rings. The molecule has 0 saturated carbocycles. The second-order valence-corrected chi connectivity index (χ2v) is 7.61. The van der Waals surface area contributed by atoms with Crippen molar-refractivity contribution in [1.29, 1.82) is 0 Å². The molecule has 0 radical (unpaired) electrons. The van der Waals surface area contributed by atoms with Crippen molar-refractivity contribution in [3.8, 4) is 0 Å². The Balaban J connectivity index is 1.60. The van der Waals surface area contributed by atoms with Crippen LogP contribution in [0.4, 0.5) is 0 Å². The predicted octanol–water partition coefficient (Wildman–Crippen LogP) is 7.29. The highest BCUT2D eigenvalue weighted by Gasteiger charge is 2.30. The van der Waals surface area contributed by atoms with Gasteiger partial charge in [-0.1, -0.05) is 83.1 Å². The summed E-state index contributed by atoms with van der Waals surface area (Å²) in [5.74, 6) is 0.276. The molecule has 1 nitrogen and oxygen atoms in total. The maximum atomic E-state index is 13.1. The number of carbonyl (C=O) groups excluding carboxylic acids is 1. The number of rotatable bonds is 10. The summed E-state index contributed by atoms with van der Waals surface area (Å²) in [5, 5.41) is 0. The molecule has 1 aromatic carbocycles. The Morgan fingerprint density at radius 2 is 1.46 bits per heavy atom. The summed E-state index contributed by atoms with van der Waals surface area (Å²) in [4.78, 5) is 13.1. The van der Waals surface area contributed by atoms with Gasteiger partial charge in [0.1, 0.15) is 0 Å². The molecule has 26 heavy (non-hydrogen) atoms. The zero-order chi connectivity index (χ0) is 18.4. The van der Waals surface area contributed by atoms with Crippen LogP contribution in [0.1, 0.15) is 89.2 Å². The van der Waals surface area contributed by atoms with Crippen LogP contribution in [0.15, 0.2) is 47.1 Å². The first-order valence-corrected chi connectivity index (χ1v) is 10.6. The Morgan fingerprint density at radius 1 is 0.769 bits per heavy atom. The van der Waals surface area contributed by atoms with E-state index in [0.717, 1.165) is 36.0 Å². The summed E-state index contributed by atoms with van der Waals surface area (Å²) in [5.41, 5.74) is 6.78. The highest BCUT2D eigenvalue weighted by molar-refractivity contribution is 6.26. The molecule has 1 aromatic rings. The van der Waals surface area contributed by atoms with Gasteiger partial charge in [-0.2, -0.15) is 0 Å². The monoisotopic (exact) mass is 348 g/mol. The average Bonchev–Trinajstić information content (AvgIpc) is 3.04. The maximum Gasteiger partial charge on any atom is 0.189 e. The quantitative estimate of drug-likeness (QED) is 0.406. The number of fused-ring (bicyclic) bond motifs is 3. The lowest BCUT2D eigenvalue weighted by molar-refractivity contribution is -0.112. The molecule has 138 valence electrons. The average molecular weight is 349 g/mol. The highest BCUT2D eigenvalue weighted by Crippen LogP contribution is 2.42. The molecule has 0 fully saturated rings. The van der Waals surface area contributed by atoms with E-state index in [1.807, 2.05) is 6.07 Å². The van der Waals surface area contributed by atoms with Crippen LogP contribution in [0.5, 0.6) is 0 Å². The lowest BCUT2D eigenvalue weighted by Crippen LogP contribution is -2.13. The van der Waals surface area contributed by atoms with Crippen molar-refractivity contribution in [3.05, 3.63) is 58.2 Å². The molecule has 0 unspecified atom stereocenters. The first kappa shape index (κ1) is 18.9. The Kier molecular flexibility index (Phi) is 6.66. The smallest absolute Gasteiger partial charge is 0.189 e. The van der Waals surface area contributed by atoms with E-state index in [1.54, 1.807) is 0 Å². The molecule has 0 amide bonds. The van der Waals surface area contributed by atoms with Crippen molar-refractivity contribution < 1.29 is 4.79 Å². The molecule has 3 rings (SSSR count). The fourth-order valence-corrected chi connectivity index (χ4v) is 4.18. The van der Waals surface area contributed by atoms with E-state index in [9.17, 15) is 4.79 Å². The standard InChI is InChI=1S/C25H32O/c1-3-5-6-7-8-9-10-11-16-22-19(4-2)17-23-21-15-13-12-14-20(21)18-24(23)25(22)26/h12-15,17-18H,3-11,16H2,1-2H3. The molecule has 2 aliphatic carbocycles. The third-order valence-corrected chi connectivity index (χ3v) is 5.73. The van der Waals surface area contributed by atoms with Crippen LogP contribution in [-0.4, -0.2) is 5.78 Å². The van der Waals surface area contributed by atoms with Gasteiger partial charge in [0, 0.05) is 11.1 Å². The molecular weight excluding hydrogens is 316 g/mol. The normalized spacial score (nSPS) is 15.7. The van der Waals surface area contributed by atoms with Gasteiger partial charge < -0.3 is 0 Å². The second kappa shape index (κ2) is 9.16. The fraction of sp³-hybridized carbons (Fsp3) is 0.480. The van der Waals surface area contributed by atoms with Crippen molar-refractivity contribution in [2.24, 2.45) is 0 Å². The van der Waals surface area contributed by atoms with Gasteiger partial charge in [-0.15, -0.1) is 0 Å². The first-order chi connectivity index (χ1) is 12.8. The number of benzene rings is 1. The molecule has 0 heterocycles. The molecule has 0 aliphatic heterocycles. The van der Waals surface area contributed by atoms with Crippen LogP contribution in [0.3, 0.4) is 0 Å². The maximum absolute atomic E-state index is 13.1. The summed E-state index contributed by atoms with van der Waals surface area (Å²) < 4.78 is 0. The minimum atomic E-state index is 0.276. The molecule has 0 bridgehead atoms. The second-order valence-electron chi connectivity index (χ2n) is 7.61. The number of ketones is 1. The summed E-state index contributed by atoms with van der Waals surface area (Å²) in [6, 6.07) is 8.35. The van der Waals surface area contributed by atoms with E-state index < -0.39 is 0 Å². The lowest BCUT2D eigenvalue weighted by Gasteiger charge is -2.19. The zero-order valence-corrected chi connectivity index (χ0v) is 16.4. The summed E-state index contributed by atoms with van der Waals surface area (Å²) >= 11 is 0. The topological polar surface area (TPSA) is 17.1 Å². The van der Waals surface area contributed by atoms with Crippen molar-refractivity contribution in [3.63, 3.8) is 0 Å². The number of allylic oxidation sites excluding steroid dienone is 5. The van der Waals surface area contributed by atoms with Crippen LogP contribution >= 0.6 is 0 Å². The molecule has 0 atom stereocenters. The Morgan fingerprint density at radius 3 is 2.19 bits per heavy atom. The minimum Gasteiger partial charge on any atom is -0.289 e. The van der Waals surface area contributed by atoms with Gasteiger partial charge in [-0.05, 0) is 53.7 Å². The van der Waals surface area contributed by atoms with Gasteiger partial charge in [0.15, 0.2) is 5.78 Å². The van der Waals surface area contributed by atoms with Crippen LogP contribution in [0.25, 0.3) is 11.6 Å². The molecule has 0 saturated heterocycles. The van der Waals surface area contributed by atoms with E-state index >= 15 is 0 Å². The van der Waals surface area contributed by atoms with Gasteiger partial charge >= 0.3 is 0 Å². The molecule has 0 N–H and O–H groups in total. The summed E-state index contributed by atoms with van der Waals surface area (Å²) in [6.45, 7) is 4.43. The van der Waals surface area contributed by atoms with Crippen LogP contribution in [0, 0.1) is 0 Å². The highest BCUT2D eigenvalue weighted by atomic mass is 16.1. The molecule has 0 aromatic heterocycles. The van der Waals surface area contributed by atoms with Crippen LogP contribution in [0.2, 0.25) is 0 Å². The summed E-state index contributed by atoms with van der Waals surface area (Å²) in [7, 11) is 0. The number of unbranched alkanes of at least 4 members (excludes halogenated alkanes) is 7. The minimum absolute atomic E-state index is 0.276. The van der Waals surface area contributed by atoms with Crippen molar-refractivity contribution in [2.45, 2.75) is 78.1 Å². The van der Waals surface area contributed by atoms with E-state index in [2.05, 4.69) is 44.2 Å². The van der Waals surface area contributed by atoms with Gasteiger partial charge in [0.05, 0.1) is 0 Å². The number of hydrogen-bond acceptors (Lipinski definition) is 1. The summed E-state index contributed by atoms with van der Waals surface area (Å²) in [6.07, 6.45) is 16.7. The molecule has 1 heteroatoms. The van der Waals surface area contributed by atoms with E-state index in [0.29, 0.717) is 0 Å². The Bertz CT molecular complexity index is 745. The third kappa shape index (κ3) is 4.09. The van der Waals surface area contributed by atoms with E-state index in [4.69, 9.17) is 0 Å². The van der Waals surface area contributed by atoms with Gasteiger partial charge in [-0.3, -0.25) is 4.79 Å². The number of carbonyl (C=O) groups is 1. The number of hydrogen-bond donors (Lipinski definition) is 0. The molecule has 0 spiro atoms. The van der Waals surface area contributed by atoms with Crippen molar-refractivity contribution in [1.82, 2.24) is 0 Å². The van der Waals surface area contributed by atoms with Gasteiger partial charge in [0.25, 0.3) is 0 Å². The predicted molar refractivity (Wildman–Crippen MR) is 112 cm³/mol.